The fourth-order valence-corrected chi connectivity index (χ4v) is 1.88. The first kappa shape index (κ1) is 14.7. The average molecular weight is 210 g/mol. The average Bonchev–Trinajstić information content (AvgIpc) is 2.24. The first-order chi connectivity index (χ1) is 7.22. The van der Waals surface area contributed by atoms with Crippen molar-refractivity contribution in [2.24, 2.45) is 0 Å². The van der Waals surface area contributed by atoms with E-state index in [9.17, 15) is 0 Å². The van der Waals surface area contributed by atoms with Gasteiger partial charge in [-0.05, 0) is 39.5 Å². The Hall–Kier alpha value is -0.260. The summed E-state index contributed by atoms with van der Waals surface area (Å²) >= 11 is 0. The molecule has 0 rings (SSSR count). The fourth-order valence-electron chi connectivity index (χ4n) is 1.88. The highest BCUT2D eigenvalue weighted by molar-refractivity contribution is 5.09. The van der Waals surface area contributed by atoms with Crippen molar-refractivity contribution in [2.45, 2.75) is 85.5 Å². The quantitative estimate of drug-likeness (QED) is 0.329. The Kier molecular flexibility index (Phi) is 10.1. The molecule has 0 nitrogen and oxygen atoms in total. The molecule has 0 spiro atoms. The predicted molar refractivity (Wildman–Crippen MR) is 71.3 cm³/mol. The molecule has 0 unspecified atom stereocenters. The molecule has 0 aromatic carbocycles. The van der Waals surface area contributed by atoms with Crippen LogP contribution in [0.2, 0.25) is 0 Å². The lowest BCUT2D eigenvalue weighted by molar-refractivity contribution is 0.655. The molecule has 15 heavy (non-hydrogen) atoms. The van der Waals surface area contributed by atoms with E-state index >= 15 is 0 Å². The molecule has 0 aliphatic heterocycles. The van der Waals surface area contributed by atoms with Gasteiger partial charge in [0.1, 0.15) is 0 Å². The first-order valence-corrected chi connectivity index (χ1v) is 6.87. The zero-order valence-electron chi connectivity index (χ0n) is 11.4. The van der Waals surface area contributed by atoms with Crippen LogP contribution in [0.25, 0.3) is 0 Å². The van der Waals surface area contributed by atoms with Crippen molar-refractivity contribution in [1.82, 2.24) is 0 Å². The van der Waals surface area contributed by atoms with Gasteiger partial charge in [0, 0.05) is 0 Å². The standard InChI is InChI=1S/C15H30/c1-5-7-9-11-13-15(4)14(3)12-10-8-6-2/h5-13H2,1-4H3. The lowest BCUT2D eigenvalue weighted by atomic mass is 9.99. The number of hydrogen-bond donors (Lipinski definition) is 0. The molecular formula is C15H30. The van der Waals surface area contributed by atoms with Gasteiger partial charge < -0.3 is 0 Å². The smallest absolute Gasteiger partial charge is 0.0320 e. The van der Waals surface area contributed by atoms with E-state index in [1.165, 1.54) is 57.8 Å². The Balaban J connectivity index is 3.62. The van der Waals surface area contributed by atoms with E-state index in [2.05, 4.69) is 27.7 Å². The van der Waals surface area contributed by atoms with Crippen LogP contribution in [0.3, 0.4) is 0 Å². The lowest BCUT2D eigenvalue weighted by Crippen LogP contribution is -1.87. The third kappa shape index (κ3) is 8.72. The molecular weight excluding hydrogens is 180 g/mol. The van der Waals surface area contributed by atoms with E-state index in [0.717, 1.165) is 0 Å². The topological polar surface area (TPSA) is 0 Å². The van der Waals surface area contributed by atoms with E-state index in [4.69, 9.17) is 0 Å². The van der Waals surface area contributed by atoms with Gasteiger partial charge in [0.25, 0.3) is 0 Å². The molecule has 0 aliphatic rings. The van der Waals surface area contributed by atoms with Crippen LogP contribution < -0.4 is 0 Å². The predicted octanol–water partition coefficient (Wildman–Crippen LogP) is 5.87. The molecule has 0 N–H and O–H groups in total. The molecule has 0 radical (unpaired) electrons. The summed E-state index contributed by atoms with van der Waals surface area (Å²) in [5.41, 5.74) is 3.31. The maximum absolute atomic E-state index is 2.33. The highest BCUT2D eigenvalue weighted by atomic mass is 14.0. The van der Waals surface area contributed by atoms with Crippen LogP contribution in [-0.2, 0) is 0 Å². The molecule has 0 atom stereocenters. The molecule has 0 fully saturated rings. The normalized spacial score (nSPS) is 12.8. The van der Waals surface area contributed by atoms with Gasteiger partial charge in [-0.3, -0.25) is 0 Å². The Morgan fingerprint density at radius 3 is 1.47 bits per heavy atom. The third-order valence-corrected chi connectivity index (χ3v) is 3.29. The molecule has 0 heteroatoms. The van der Waals surface area contributed by atoms with Gasteiger partial charge in [0.15, 0.2) is 0 Å². The van der Waals surface area contributed by atoms with Crippen molar-refractivity contribution in [3.8, 4) is 0 Å². The summed E-state index contributed by atoms with van der Waals surface area (Å²) in [7, 11) is 0. The second-order valence-corrected chi connectivity index (χ2v) is 4.83. The summed E-state index contributed by atoms with van der Waals surface area (Å²) in [5.74, 6) is 0. The molecule has 0 saturated heterocycles. The molecule has 0 heterocycles. The van der Waals surface area contributed by atoms with E-state index in [-0.39, 0.29) is 0 Å². The minimum atomic E-state index is 1.33. The number of allylic oxidation sites excluding steroid dienone is 2. The zero-order valence-corrected chi connectivity index (χ0v) is 11.4. The van der Waals surface area contributed by atoms with Crippen LogP contribution >= 0.6 is 0 Å². The van der Waals surface area contributed by atoms with Crippen LogP contribution in [0.1, 0.15) is 85.5 Å². The van der Waals surface area contributed by atoms with E-state index in [1.54, 1.807) is 11.1 Å². The Labute approximate surface area is 97.2 Å². The summed E-state index contributed by atoms with van der Waals surface area (Å²) in [5, 5.41) is 0. The van der Waals surface area contributed by atoms with Crippen molar-refractivity contribution < 1.29 is 0 Å². The molecule has 90 valence electrons. The van der Waals surface area contributed by atoms with Crippen LogP contribution in [0.15, 0.2) is 11.1 Å². The Bertz CT molecular complexity index is 165. The second-order valence-electron chi connectivity index (χ2n) is 4.83. The minimum Gasteiger partial charge on any atom is -0.0744 e. The minimum absolute atomic E-state index is 1.33. The Morgan fingerprint density at radius 2 is 1.00 bits per heavy atom. The fraction of sp³-hybridized carbons (Fsp3) is 0.867. The zero-order chi connectivity index (χ0) is 11.5. The van der Waals surface area contributed by atoms with E-state index in [0.29, 0.717) is 0 Å². The third-order valence-electron chi connectivity index (χ3n) is 3.29. The van der Waals surface area contributed by atoms with Crippen molar-refractivity contribution >= 4 is 0 Å². The molecule has 0 aromatic rings. The Morgan fingerprint density at radius 1 is 0.600 bits per heavy atom. The number of rotatable bonds is 9. The van der Waals surface area contributed by atoms with Gasteiger partial charge in [0.2, 0.25) is 0 Å². The maximum Gasteiger partial charge on any atom is -0.0320 e. The van der Waals surface area contributed by atoms with Crippen molar-refractivity contribution in [2.75, 3.05) is 0 Å². The molecule has 0 amide bonds. The summed E-state index contributed by atoms with van der Waals surface area (Å²) in [6.45, 7) is 9.20. The number of unbranched alkanes of at least 4 members (excludes halogenated alkanes) is 5. The monoisotopic (exact) mass is 210 g/mol. The van der Waals surface area contributed by atoms with E-state index < -0.39 is 0 Å². The van der Waals surface area contributed by atoms with Gasteiger partial charge in [-0.2, -0.15) is 0 Å². The lowest BCUT2D eigenvalue weighted by Gasteiger charge is -2.07. The summed E-state index contributed by atoms with van der Waals surface area (Å²) in [6, 6.07) is 0. The first-order valence-electron chi connectivity index (χ1n) is 6.87. The van der Waals surface area contributed by atoms with Crippen molar-refractivity contribution in [3.05, 3.63) is 11.1 Å². The largest absolute Gasteiger partial charge is 0.0744 e. The number of hydrogen-bond acceptors (Lipinski definition) is 0. The molecule has 0 aromatic heterocycles. The van der Waals surface area contributed by atoms with Gasteiger partial charge in [-0.1, -0.05) is 57.1 Å². The summed E-state index contributed by atoms with van der Waals surface area (Å²) in [4.78, 5) is 0. The molecule has 0 aliphatic carbocycles. The van der Waals surface area contributed by atoms with Gasteiger partial charge in [-0.25, -0.2) is 0 Å². The second kappa shape index (κ2) is 10.3. The van der Waals surface area contributed by atoms with Gasteiger partial charge in [0.05, 0.1) is 0 Å². The van der Waals surface area contributed by atoms with Crippen LogP contribution in [0.4, 0.5) is 0 Å². The summed E-state index contributed by atoms with van der Waals surface area (Å²) < 4.78 is 0. The highest BCUT2D eigenvalue weighted by Crippen LogP contribution is 2.18. The molecule has 0 bridgehead atoms. The maximum atomic E-state index is 2.33. The SMILES string of the molecule is CCCCCCC(C)=C(C)CCCCC. The molecule has 0 saturated carbocycles. The van der Waals surface area contributed by atoms with Gasteiger partial charge in [-0.15, -0.1) is 0 Å². The van der Waals surface area contributed by atoms with Crippen LogP contribution in [0.5, 0.6) is 0 Å². The van der Waals surface area contributed by atoms with Crippen molar-refractivity contribution in [3.63, 3.8) is 0 Å². The van der Waals surface area contributed by atoms with Crippen LogP contribution in [0, 0.1) is 0 Å². The van der Waals surface area contributed by atoms with Crippen LogP contribution in [-0.4, -0.2) is 0 Å². The van der Waals surface area contributed by atoms with E-state index in [1.807, 2.05) is 0 Å². The summed E-state index contributed by atoms with van der Waals surface area (Å²) in [6.07, 6.45) is 12.3. The van der Waals surface area contributed by atoms with Crippen molar-refractivity contribution in [1.29, 1.82) is 0 Å². The van der Waals surface area contributed by atoms with Gasteiger partial charge >= 0.3 is 0 Å². The highest BCUT2D eigenvalue weighted by Gasteiger charge is 1.97.